The molecule has 3 rings (SSSR count). The number of carbonyl (C=O) groups excluding carboxylic acids is 1. The van der Waals surface area contributed by atoms with Gasteiger partial charge in [-0.2, -0.15) is 4.98 Å². The molecule has 2 aromatic heterocycles. The Balaban J connectivity index is 1.65. The number of aromatic amines is 1. The van der Waals surface area contributed by atoms with Crippen LogP contribution in [0.2, 0.25) is 0 Å². The number of ether oxygens (including phenoxy) is 1. The first kappa shape index (κ1) is 18.8. The maximum atomic E-state index is 12.3. The van der Waals surface area contributed by atoms with Crippen LogP contribution in [0.3, 0.4) is 0 Å². The summed E-state index contributed by atoms with van der Waals surface area (Å²) in [6.07, 6.45) is 1.50. The average Bonchev–Trinajstić information content (AvgIpc) is 3.33. The fourth-order valence-corrected chi connectivity index (χ4v) is 3.17. The van der Waals surface area contributed by atoms with E-state index in [0.717, 1.165) is 0 Å². The molecule has 142 valence electrons. The van der Waals surface area contributed by atoms with Gasteiger partial charge in [0.15, 0.2) is 11.6 Å². The van der Waals surface area contributed by atoms with Crippen molar-refractivity contribution in [2.24, 2.45) is 0 Å². The fourth-order valence-electron chi connectivity index (χ4n) is 2.16. The quantitative estimate of drug-likeness (QED) is 0.491. The number of rotatable bonds is 8. The number of nitrogens with zero attached hydrogens (tertiary/aromatic N) is 2. The summed E-state index contributed by atoms with van der Waals surface area (Å²) in [5, 5.41) is 9.07. The third-order valence-electron chi connectivity index (χ3n) is 3.49. The molecule has 1 aromatic carbocycles. The molecule has 27 heavy (non-hydrogen) atoms. The molecule has 0 radical (unpaired) electrons. The average molecular weight is 391 g/mol. The van der Waals surface area contributed by atoms with Gasteiger partial charge in [-0.1, -0.05) is 0 Å². The summed E-state index contributed by atoms with van der Waals surface area (Å²) in [5.74, 6) is 0.457. The lowest BCUT2D eigenvalue weighted by atomic mass is 10.2. The molecule has 0 bridgehead atoms. The van der Waals surface area contributed by atoms with Crippen LogP contribution < -0.4 is 10.0 Å². The van der Waals surface area contributed by atoms with Gasteiger partial charge in [0.2, 0.25) is 16.0 Å². The van der Waals surface area contributed by atoms with Gasteiger partial charge in [-0.15, -0.1) is 5.10 Å². The number of carbonyl (C=O) groups is 1. The summed E-state index contributed by atoms with van der Waals surface area (Å²) in [6, 6.07) is 8.90. The lowest BCUT2D eigenvalue weighted by molar-refractivity contribution is 0.102. The molecule has 0 aliphatic heterocycles. The Hall–Kier alpha value is -3.02. The van der Waals surface area contributed by atoms with E-state index in [1.165, 1.54) is 37.6 Å². The zero-order valence-corrected chi connectivity index (χ0v) is 15.1. The number of H-pyrrole nitrogens is 1. The van der Waals surface area contributed by atoms with Gasteiger partial charge < -0.3 is 9.15 Å². The van der Waals surface area contributed by atoms with Gasteiger partial charge in [0, 0.05) is 19.2 Å². The van der Waals surface area contributed by atoms with Crippen molar-refractivity contribution in [2.45, 2.75) is 4.90 Å². The molecule has 0 saturated heterocycles. The second kappa shape index (κ2) is 8.12. The number of nitrogens with one attached hydrogen (secondary N) is 3. The fraction of sp³-hybridized carbons (Fsp3) is 0.188. The molecule has 3 N–H and O–H groups in total. The Kier molecular flexibility index (Phi) is 5.64. The summed E-state index contributed by atoms with van der Waals surface area (Å²) >= 11 is 0. The Morgan fingerprint density at radius 1 is 1.26 bits per heavy atom. The van der Waals surface area contributed by atoms with E-state index in [4.69, 9.17) is 9.15 Å². The molecule has 0 fully saturated rings. The molecule has 2 heterocycles. The number of anilines is 1. The van der Waals surface area contributed by atoms with E-state index in [2.05, 4.69) is 25.2 Å². The monoisotopic (exact) mass is 391 g/mol. The van der Waals surface area contributed by atoms with Crippen LogP contribution >= 0.6 is 0 Å². The first-order valence-corrected chi connectivity index (χ1v) is 9.34. The number of hydrogen-bond donors (Lipinski definition) is 3. The van der Waals surface area contributed by atoms with Crippen LogP contribution in [-0.2, 0) is 14.8 Å². The minimum absolute atomic E-state index is 0.0492. The number of sulfonamides is 1. The van der Waals surface area contributed by atoms with Crippen LogP contribution in [0.5, 0.6) is 0 Å². The normalized spacial score (nSPS) is 11.4. The predicted molar refractivity (Wildman–Crippen MR) is 95.5 cm³/mol. The van der Waals surface area contributed by atoms with Crippen LogP contribution in [0.15, 0.2) is 52.0 Å². The zero-order valence-electron chi connectivity index (χ0n) is 14.3. The van der Waals surface area contributed by atoms with Gasteiger partial charge in [0.25, 0.3) is 5.91 Å². The molecule has 0 aliphatic carbocycles. The van der Waals surface area contributed by atoms with Crippen molar-refractivity contribution < 1.29 is 22.4 Å². The smallest absolute Gasteiger partial charge is 0.258 e. The number of furan rings is 1. The van der Waals surface area contributed by atoms with Crippen molar-refractivity contribution in [1.29, 1.82) is 0 Å². The zero-order chi connectivity index (χ0) is 19.3. The molecule has 0 saturated carbocycles. The second-order valence-corrected chi connectivity index (χ2v) is 7.12. The van der Waals surface area contributed by atoms with Crippen LogP contribution in [0.25, 0.3) is 11.6 Å². The molecular weight excluding hydrogens is 374 g/mol. The topological polar surface area (TPSA) is 139 Å². The van der Waals surface area contributed by atoms with Crippen LogP contribution in [0.1, 0.15) is 10.4 Å². The summed E-state index contributed by atoms with van der Waals surface area (Å²) in [7, 11) is -2.18. The largest absolute Gasteiger partial charge is 0.461 e. The Labute approximate surface area is 155 Å². The van der Waals surface area contributed by atoms with E-state index in [0.29, 0.717) is 11.6 Å². The molecule has 0 aliphatic rings. The van der Waals surface area contributed by atoms with Crippen molar-refractivity contribution in [3.63, 3.8) is 0 Å². The van der Waals surface area contributed by atoms with E-state index >= 15 is 0 Å². The summed E-state index contributed by atoms with van der Waals surface area (Å²) in [4.78, 5) is 16.4. The standard InChI is InChI=1S/C16H17N5O5S/c1-25-10-8-17-27(23,24)12-6-4-11(5-7-12)15(22)19-16-18-14(20-21-16)13-3-2-9-26-13/h2-7,9,17H,8,10H2,1H3,(H2,18,19,20,21,22). The maximum Gasteiger partial charge on any atom is 0.258 e. The molecule has 1 amide bonds. The SMILES string of the molecule is COCCNS(=O)(=O)c1ccc(C(=O)Nc2n[nH]c(-c3ccco3)n2)cc1. The van der Waals surface area contributed by atoms with Gasteiger partial charge in [-0.25, -0.2) is 13.1 Å². The van der Waals surface area contributed by atoms with Gasteiger partial charge >= 0.3 is 0 Å². The van der Waals surface area contributed by atoms with Crippen molar-refractivity contribution in [3.05, 3.63) is 48.2 Å². The number of benzene rings is 1. The van der Waals surface area contributed by atoms with E-state index in [9.17, 15) is 13.2 Å². The molecule has 0 spiro atoms. The highest BCUT2D eigenvalue weighted by molar-refractivity contribution is 7.89. The van der Waals surface area contributed by atoms with Crippen LogP contribution in [-0.4, -0.2) is 49.8 Å². The van der Waals surface area contributed by atoms with E-state index in [1.54, 1.807) is 12.1 Å². The molecule has 3 aromatic rings. The predicted octanol–water partition coefficient (Wildman–Crippen LogP) is 1.24. The first-order valence-electron chi connectivity index (χ1n) is 7.86. The summed E-state index contributed by atoms with van der Waals surface area (Å²) in [5.41, 5.74) is 0.259. The van der Waals surface area contributed by atoms with Crippen molar-refractivity contribution in [1.82, 2.24) is 19.9 Å². The van der Waals surface area contributed by atoms with Gasteiger partial charge in [-0.3, -0.25) is 15.2 Å². The Morgan fingerprint density at radius 2 is 2.04 bits per heavy atom. The van der Waals surface area contributed by atoms with E-state index in [1.807, 2.05) is 0 Å². The molecule has 11 heteroatoms. The van der Waals surface area contributed by atoms with Crippen LogP contribution in [0.4, 0.5) is 5.95 Å². The van der Waals surface area contributed by atoms with Gasteiger partial charge in [-0.05, 0) is 36.4 Å². The minimum Gasteiger partial charge on any atom is -0.461 e. The van der Waals surface area contributed by atoms with Crippen molar-refractivity contribution in [3.8, 4) is 11.6 Å². The summed E-state index contributed by atoms with van der Waals surface area (Å²) in [6.45, 7) is 0.417. The molecule has 0 atom stereocenters. The van der Waals surface area contributed by atoms with Gasteiger partial charge in [0.1, 0.15) is 0 Å². The van der Waals surface area contributed by atoms with E-state index < -0.39 is 15.9 Å². The number of methoxy groups -OCH3 is 1. The Bertz CT molecular complexity index is 996. The van der Waals surface area contributed by atoms with Crippen LogP contribution in [0, 0.1) is 0 Å². The number of amides is 1. The highest BCUT2D eigenvalue weighted by Crippen LogP contribution is 2.16. The molecule has 0 unspecified atom stereocenters. The third-order valence-corrected chi connectivity index (χ3v) is 4.97. The molecule has 10 nitrogen and oxygen atoms in total. The maximum absolute atomic E-state index is 12.3. The van der Waals surface area contributed by atoms with Crippen molar-refractivity contribution in [2.75, 3.05) is 25.6 Å². The van der Waals surface area contributed by atoms with E-state index in [-0.39, 0.29) is 29.6 Å². The lowest BCUT2D eigenvalue weighted by Gasteiger charge is -2.07. The van der Waals surface area contributed by atoms with Crippen molar-refractivity contribution >= 4 is 21.9 Å². The lowest BCUT2D eigenvalue weighted by Crippen LogP contribution is -2.27. The summed E-state index contributed by atoms with van der Waals surface area (Å²) < 4.78 is 36.6. The minimum atomic E-state index is -3.66. The molecular formula is C16H17N5O5S. The second-order valence-electron chi connectivity index (χ2n) is 5.35. The third kappa shape index (κ3) is 4.58. The first-order chi connectivity index (χ1) is 13.0. The highest BCUT2D eigenvalue weighted by atomic mass is 32.2. The number of hydrogen-bond acceptors (Lipinski definition) is 7. The van der Waals surface area contributed by atoms with Gasteiger partial charge in [0.05, 0.1) is 17.8 Å². The number of aromatic nitrogens is 3. The Morgan fingerprint density at radius 3 is 2.70 bits per heavy atom. The highest BCUT2D eigenvalue weighted by Gasteiger charge is 2.16.